The van der Waals surface area contributed by atoms with E-state index < -0.39 is 23.7 Å². The molecule has 0 saturated carbocycles. The van der Waals surface area contributed by atoms with Crippen molar-refractivity contribution in [3.05, 3.63) is 23.8 Å². The molecule has 0 aliphatic heterocycles. The number of nitrogens with one attached hydrogen (secondary N) is 2. The molecule has 130 valence electrons. The summed E-state index contributed by atoms with van der Waals surface area (Å²) in [5.74, 6) is -2.09. The highest BCUT2D eigenvalue weighted by Crippen LogP contribution is 2.32. The number of benzene rings is 1. The van der Waals surface area contributed by atoms with E-state index in [2.05, 4.69) is 10.6 Å². The summed E-state index contributed by atoms with van der Waals surface area (Å²) in [6.45, 7) is 1.21. The van der Waals surface area contributed by atoms with Crippen molar-refractivity contribution >= 4 is 41.7 Å². The van der Waals surface area contributed by atoms with Crippen LogP contribution in [0.1, 0.15) is 5.56 Å². The van der Waals surface area contributed by atoms with E-state index in [4.69, 9.17) is 5.73 Å². The highest BCUT2D eigenvalue weighted by Gasteiger charge is 2.27. The van der Waals surface area contributed by atoms with Gasteiger partial charge in [0.2, 0.25) is 11.8 Å². The van der Waals surface area contributed by atoms with Gasteiger partial charge in [-0.05, 0) is 24.6 Å². The number of thioether (sulfide) groups is 1. The number of halogens is 4. The number of nitrogens with two attached hydrogens (primary N) is 1. The number of aryl methyl sites for hydroxylation is 1. The van der Waals surface area contributed by atoms with Crippen LogP contribution < -0.4 is 16.4 Å². The van der Waals surface area contributed by atoms with Crippen LogP contribution in [0, 0.1) is 6.92 Å². The fourth-order valence-corrected chi connectivity index (χ4v) is 2.22. The van der Waals surface area contributed by atoms with Crippen LogP contribution in [0.5, 0.6) is 0 Å². The Morgan fingerprint density at radius 2 is 1.91 bits per heavy atom. The number of carbonyl (C=O) groups is 2. The van der Waals surface area contributed by atoms with Crippen molar-refractivity contribution in [3.63, 3.8) is 0 Å². The Balaban J connectivity index is 0.00000484. The quantitative estimate of drug-likeness (QED) is 0.668. The van der Waals surface area contributed by atoms with Gasteiger partial charge in [0.25, 0.3) is 0 Å². The molecule has 0 aromatic heterocycles. The largest absolute Gasteiger partial charge is 0.398 e. The molecule has 1 rings (SSSR count). The lowest BCUT2D eigenvalue weighted by Gasteiger charge is -2.13. The molecule has 5 nitrogen and oxygen atoms in total. The molecular formula is C13H17ClF3N3O2S. The second-order valence-electron chi connectivity index (χ2n) is 4.43. The Bertz CT molecular complexity index is 556. The minimum Gasteiger partial charge on any atom is -0.346 e. The predicted octanol–water partition coefficient (Wildman–Crippen LogP) is 2.08. The second-order valence-corrected chi connectivity index (χ2v) is 5.45. The normalized spacial score (nSPS) is 10.7. The first-order valence-electron chi connectivity index (χ1n) is 6.28. The van der Waals surface area contributed by atoms with Gasteiger partial charge in [-0.15, -0.1) is 24.2 Å². The van der Waals surface area contributed by atoms with Gasteiger partial charge in [-0.25, -0.2) is 0 Å². The molecule has 0 heterocycles. The first kappa shape index (κ1) is 21.6. The molecular weight excluding hydrogens is 355 g/mol. The summed E-state index contributed by atoms with van der Waals surface area (Å²) in [5, 5.41) is 4.76. The number of carbonyl (C=O) groups excluding carboxylic acids is 2. The fraction of sp³-hybridized carbons (Fsp3) is 0.385. The number of hydrogen-bond acceptors (Lipinski definition) is 4. The number of alkyl halides is 3. The zero-order valence-electron chi connectivity index (χ0n) is 12.2. The zero-order valence-corrected chi connectivity index (χ0v) is 13.8. The van der Waals surface area contributed by atoms with E-state index in [-0.39, 0.29) is 31.2 Å². The van der Waals surface area contributed by atoms with Gasteiger partial charge < -0.3 is 16.4 Å². The Morgan fingerprint density at radius 3 is 2.48 bits per heavy atom. The number of hydrogen-bond donors (Lipinski definition) is 3. The maximum absolute atomic E-state index is 12.3. The molecule has 10 heteroatoms. The number of rotatable bonds is 6. The average Bonchev–Trinajstić information content (AvgIpc) is 2.42. The topological polar surface area (TPSA) is 84.2 Å². The molecule has 4 N–H and O–H groups in total. The van der Waals surface area contributed by atoms with Gasteiger partial charge in [0.1, 0.15) is 0 Å². The number of anilines is 1. The maximum atomic E-state index is 12.3. The van der Waals surface area contributed by atoms with Crippen molar-refractivity contribution in [3.8, 4) is 0 Å². The average molecular weight is 372 g/mol. The third-order valence-electron chi connectivity index (χ3n) is 2.43. The summed E-state index contributed by atoms with van der Waals surface area (Å²) in [6, 6.07) is 4.74. The predicted molar refractivity (Wildman–Crippen MR) is 85.9 cm³/mol. The Morgan fingerprint density at radius 1 is 1.26 bits per heavy atom. The summed E-state index contributed by atoms with van der Waals surface area (Å²) in [4.78, 5) is 23.0. The third-order valence-corrected chi connectivity index (χ3v) is 3.57. The maximum Gasteiger partial charge on any atom is 0.398 e. The molecule has 23 heavy (non-hydrogen) atoms. The van der Waals surface area contributed by atoms with Crippen molar-refractivity contribution in [1.29, 1.82) is 0 Å². The zero-order chi connectivity index (χ0) is 16.8. The molecule has 0 spiro atoms. The van der Waals surface area contributed by atoms with Crippen molar-refractivity contribution in [2.45, 2.75) is 18.0 Å². The van der Waals surface area contributed by atoms with Gasteiger partial charge in [-0.2, -0.15) is 13.2 Å². The standard InChI is InChI=1S/C13H16F3N3O2S.ClH/c1-8-2-3-10(22-7-13(14,15)16)9(4-8)19-12(21)6-18-11(20)5-17;/h2-4H,5-7,17H2,1H3,(H,18,20)(H,19,21);1H. The molecule has 0 saturated heterocycles. The van der Waals surface area contributed by atoms with Crippen LogP contribution in [0.15, 0.2) is 23.1 Å². The summed E-state index contributed by atoms with van der Waals surface area (Å²) in [6.07, 6.45) is -4.30. The molecule has 0 radical (unpaired) electrons. The molecule has 1 aromatic carbocycles. The smallest absolute Gasteiger partial charge is 0.346 e. The van der Waals surface area contributed by atoms with Gasteiger partial charge in [0, 0.05) is 4.90 Å². The fourth-order valence-electron chi connectivity index (χ4n) is 1.47. The van der Waals surface area contributed by atoms with E-state index in [1.54, 1.807) is 19.1 Å². The van der Waals surface area contributed by atoms with Crippen molar-refractivity contribution in [1.82, 2.24) is 5.32 Å². The summed E-state index contributed by atoms with van der Waals surface area (Å²) in [7, 11) is 0. The highest BCUT2D eigenvalue weighted by molar-refractivity contribution is 7.99. The minimum absolute atomic E-state index is 0. The van der Waals surface area contributed by atoms with E-state index in [0.717, 1.165) is 5.56 Å². The van der Waals surface area contributed by atoms with Gasteiger partial charge in [0.15, 0.2) is 0 Å². The third kappa shape index (κ3) is 8.68. The molecule has 0 atom stereocenters. The first-order chi connectivity index (χ1) is 10.2. The monoisotopic (exact) mass is 371 g/mol. The van der Waals surface area contributed by atoms with E-state index in [1.165, 1.54) is 6.07 Å². The van der Waals surface area contributed by atoms with Crippen molar-refractivity contribution < 1.29 is 22.8 Å². The summed E-state index contributed by atoms with van der Waals surface area (Å²) >= 11 is 0.587. The summed E-state index contributed by atoms with van der Waals surface area (Å²) in [5.41, 5.74) is 6.15. The SMILES string of the molecule is Cc1ccc(SCC(F)(F)F)c(NC(=O)CNC(=O)CN)c1.Cl. The van der Waals surface area contributed by atoms with Crippen LogP contribution >= 0.6 is 24.2 Å². The lowest BCUT2D eigenvalue weighted by atomic mass is 10.2. The Labute approximate surface area is 142 Å². The minimum atomic E-state index is -4.30. The van der Waals surface area contributed by atoms with Crippen molar-refractivity contribution in [2.75, 3.05) is 24.2 Å². The van der Waals surface area contributed by atoms with E-state index >= 15 is 0 Å². The lowest BCUT2D eigenvalue weighted by Crippen LogP contribution is -2.36. The molecule has 2 amide bonds. The van der Waals surface area contributed by atoms with Crippen LogP contribution in [-0.4, -0.2) is 36.8 Å². The Kier molecular flexibility index (Phi) is 9.03. The highest BCUT2D eigenvalue weighted by atomic mass is 35.5. The van der Waals surface area contributed by atoms with Gasteiger partial charge in [0.05, 0.1) is 24.5 Å². The molecule has 0 fully saturated rings. The molecule has 1 aromatic rings. The second kappa shape index (κ2) is 9.64. The van der Waals surface area contributed by atoms with Crippen LogP contribution in [0.3, 0.4) is 0 Å². The van der Waals surface area contributed by atoms with Gasteiger partial charge >= 0.3 is 6.18 Å². The van der Waals surface area contributed by atoms with Crippen LogP contribution in [0.25, 0.3) is 0 Å². The molecule has 0 aliphatic carbocycles. The van der Waals surface area contributed by atoms with Gasteiger partial charge in [-0.3, -0.25) is 9.59 Å². The lowest BCUT2D eigenvalue weighted by molar-refractivity contribution is -0.123. The van der Waals surface area contributed by atoms with Crippen molar-refractivity contribution in [2.24, 2.45) is 5.73 Å². The summed E-state index contributed by atoms with van der Waals surface area (Å²) < 4.78 is 36.9. The van der Waals surface area contributed by atoms with E-state index in [1.807, 2.05) is 0 Å². The first-order valence-corrected chi connectivity index (χ1v) is 7.26. The van der Waals surface area contributed by atoms with Crippen LogP contribution in [0.4, 0.5) is 18.9 Å². The number of amides is 2. The molecule has 0 unspecified atom stereocenters. The molecule has 0 bridgehead atoms. The van der Waals surface area contributed by atoms with Crippen LogP contribution in [-0.2, 0) is 9.59 Å². The van der Waals surface area contributed by atoms with Gasteiger partial charge in [-0.1, -0.05) is 6.07 Å². The van der Waals surface area contributed by atoms with Crippen LogP contribution in [0.2, 0.25) is 0 Å². The van der Waals surface area contributed by atoms with E-state index in [0.29, 0.717) is 16.7 Å². The Hall–Kier alpha value is -1.45. The molecule has 0 aliphatic rings. The van der Waals surface area contributed by atoms with E-state index in [9.17, 15) is 22.8 Å².